The molecule has 2 nitrogen and oxygen atoms in total. The highest BCUT2D eigenvalue weighted by Gasteiger charge is 2.37. The van der Waals surface area contributed by atoms with Crippen molar-refractivity contribution >= 4 is 0 Å². The lowest BCUT2D eigenvalue weighted by Gasteiger charge is -2.31. The second-order valence-corrected chi connectivity index (χ2v) is 5.59. The van der Waals surface area contributed by atoms with E-state index in [1.54, 1.807) is 0 Å². The van der Waals surface area contributed by atoms with E-state index in [1.807, 2.05) is 0 Å². The quantitative estimate of drug-likeness (QED) is 0.772. The third-order valence-electron chi connectivity index (χ3n) is 4.20. The Morgan fingerprint density at radius 3 is 2.53 bits per heavy atom. The Bertz CT molecular complexity index is 199. The van der Waals surface area contributed by atoms with Crippen LogP contribution in [0.5, 0.6) is 0 Å². The molecule has 1 aliphatic heterocycles. The monoisotopic (exact) mass is 211 g/mol. The third kappa shape index (κ3) is 2.73. The SMILES string of the molecule is CNCC1(CC2CCC(C)O2)CCCC1. The molecule has 0 amide bonds. The first-order chi connectivity index (χ1) is 7.24. The van der Waals surface area contributed by atoms with Gasteiger partial charge in [-0.15, -0.1) is 0 Å². The Hall–Kier alpha value is -0.0800. The van der Waals surface area contributed by atoms with Crippen LogP contribution in [-0.2, 0) is 4.74 Å². The Balaban J connectivity index is 1.89. The molecule has 2 aliphatic rings. The van der Waals surface area contributed by atoms with Crippen LogP contribution in [0.4, 0.5) is 0 Å². The first-order valence-electron chi connectivity index (χ1n) is 6.54. The highest BCUT2D eigenvalue weighted by Crippen LogP contribution is 2.43. The summed E-state index contributed by atoms with van der Waals surface area (Å²) in [4.78, 5) is 0. The van der Waals surface area contributed by atoms with E-state index in [0.717, 1.165) is 0 Å². The van der Waals surface area contributed by atoms with Crippen LogP contribution >= 0.6 is 0 Å². The van der Waals surface area contributed by atoms with Crippen molar-refractivity contribution in [3.63, 3.8) is 0 Å². The van der Waals surface area contributed by atoms with E-state index >= 15 is 0 Å². The molecule has 1 saturated heterocycles. The zero-order chi connectivity index (χ0) is 10.7. The van der Waals surface area contributed by atoms with Crippen molar-refractivity contribution < 1.29 is 4.74 Å². The third-order valence-corrected chi connectivity index (χ3v) is 4.20. The Morgan fingerprint density at radius 1 is 1.27 bits per heavy atom. The van der Waals surface area contributed by atoms with Crippen molar-refractivity contribution in [3.8, 4) is 0 Å². The maximum absolute atomic E-state index is 5.97. The predicted octanol–water partition coefficient (Wildman–Crippen LogP) is 2.72. The van der Waals surface area contributed by atoms with Crippen LogP contribution in [0.3, 0.4) is 0 Å². The second kappa shape index (κ2) is 4.84. The van der Waals surface area contributed by atoms with Gasteiger partial charge in [-0.05, 0) is 51.5 Å². The largest absolute Gasteiger partial charge is 0.375 e. The summed E-state index contributed by atoms with van der Waals surface area (Å²) >= 11 is 0. The summed E-state index contributed by atoms with van der Waals surface area (Å²) in [5, 5.41) is 3.38. The second-order valence-electron chi connectivity index (χ2n) is 5.59. The van der Waals surface area contributed by atoms with Gasteiger partial charge >= 0.3 is 0 Å². The minimum Gasteiger partial charge on any atom is -0.375 e. The molecule has 15 heavy (non-hydrogen) atoms. The van der Waals surface area contributed by atoms with Crippen LogP contribution in [0, 0.1) is 5.41 Å². The molecule has 2 atom stereocenters. The van der Waals surface area contributed by atoms with Gasteiger partial charge < -0.3 is 10.1 Å². The van der Waals surface area contributed by atoms with Gasteiger partial charge in [0.2, 0.25) is 0 Å². The zero-order valence-corrected chi connectivity index (χ0v) is 10.2. The zero-order valence-electron chi connectivity index (χ0n) is 10.2. The van der Waals surface area contributed by atoms with Crippen LogP contribution in [-0.4, -0.2) is 25.8 Å². The van der Waals surface area contributed by atoms with Gasteiger partial charge in [0.25, 0.3) is 0 Å². The molecule has 0 aromatic carbocycles. The molecule has 2 rings (SSSR count). The van der Waals surface area contributed by atoms with Crippen molar-refractivity contribution in [1.82, 2.24) is 5.32 Å². The molecule has 1 heterocycles. The van der Waals surface area contributed by atoms with Gasteiger partial charge in [-0.25, -0.2) is 0 Å². The maximum Gasteiger partial charge on any atom is 0.0585 e. The standard InChI is InChI=1S/C13H25NO/c1-11-5-6-12(15-11)9-13(10-14-2)7-3-4-8-13/h11-12,14H,3-10H2,1-2H3. The summed E-state index contributed by atoms with van der Waals surface area (Å²) in [5.41, 5.74) is 0.559. The van der Waals surface area contributed by atoms with Gasteiger partial charge in [0.05, 0.1) is 12.2 Å². The molecule has 0 aromatic heterocycles. The molecule has 1 N–H and O–H groups in total. The molecule has 0 aromatic rings. The molecule has 1 saturated carbocycles. The number of ether oxygens (including phenoxy) is 1. The average molecular weight is 211 g/mol. The van der Waals surface area contributed by atoms with Crippen LogP contribution in [0.25, 0.3) is 0 Å². The Kier molecular flexibility index (Phi) is 3.68. The maximum atomic E-state index is 5.97. The topological polar surface area (TPSA) is 21.3 Å². The summed E-state index contributed by atoms with van der Waals surface area (Å²) in [5.74, 6) is 0. The fourth-order valence-corrected chi connectivity index (χ4v) is 3.47. The summed E-state index contributed by atoms with van der Waals surface area (Å²) in [6.45, 7) is 3.39. The fourth-order valence-electron chi connectivity index (χ4n) is 3.47. The average Bonchev–Trinajstić information content (AvgIpc) is 2.78. The van der Waals surface area contributed by atoms with E-state index < -0.39 is 0 Å². The lowest BCUT2D eigenvalue weighted by Crippen LogP contribution is -2.33. The Labute approximate surface area is 93.8 Å². The van der Waals surface area contributed by atoms with Crippen molar-refractivity contribution in [2.45, 2.75) is 64.1 Å². The molecule has 0 radical (unpaired) electrons. The van der Waals surface area contributed by atoms with E-state index in [1.165, 1.54) is 51.5 Å². The van der Waals surface area contributed by atoms with Crippen molar-refractivity contribution in [1.29, 1.82) is 0 Å². The van der Waals surface area contributed by atoms with Crippen molar-refractivity contribution in [2.24, 2.45) is 5.41 Å². The first-order valence-corrected chi connectivity index (χ1v) is 6.54. The highest BCUT2D eigenvalue weighted by atomic mass is 16.5. The summed E-state index contributed by atoms with van der Waals surface area (Å²) in [7, 11) is 2.08. The van der Waals surface area contributed by atoms with E-state index in [4.69, 9.17) is 4.74 Å². The predicted molar refractivity (Wildman–Crippen MR) is 63.0 cm³/mol. The molecular formula is C13H25NO. The molecule has 2 heteroatoms. The molecule has 2 fully saturated rings. The van der Waals surface area contributed by atoms with Crippen LogP contribution in [0.1, 0.15) is 51.9 Å². The normalized spacial score (nSPS) is 34.8. The molecule has 2 unspecified atom stereocenters. The number of rotatable bonds is 4. The van der Waals surface area contributed by atoms with Crippen LogP contribution in [0.15, 0.2) is 0 Å². The fraction of sp³-hybridized carbons (Fsp3) is 1.00. The summed E-state index contributed by atoms with van der Waals surface area (Å²) in [6, 6.07) is 0. The van der Waals surface area contributed by atoms with E-state index in [-0.39, 0.29) is 0 Å². The number of hydrogen-bond acceptors (Lipinski definition) is 2. The molecule has 0 bridgehead atoms. The van der Waals surface area contributed by atoms with Gasteiger partial charge in [0.1, 0.15) is 0 Å². The Morgan fingerprint density at radius 2 is 2.00 bits per heavy atom. The van der Waals surface area contributed by atoms with E-state index in [9.17, 15) is 0 Å². The molecule has 88 valence electrons. The van der Waals surface area contributed by atoms with E-state index in [0.29, 0.717) is 17.6 Å². The van der Waals surface area contributed by atoms with Gasteiger partial charge in [-0.2, -0.15) is 0 Å². The summed E-state index contributed by atoms with van der Waals surface area (Å²) in [6.07, 6.45) is 10.5. The lowest BCUT2D eigenvalue weighted by atomic mass is 9.80. The number of hydrogen-bond donors (Lipinski definition) is 1. The molecule has 1 aliphatic carbocycles. The van der Waals surface area contributed by atoms with Crippen LogP contribution < -0.4 is 5.32 Å². The van der Waals surface area contributed by atoms with Gasteiger partial charge in [0, 0.05) is 6.54 Å². The van der Waals surface area contributed by atoms with Gasteiger partial charge in [0.15, 0.2) is 0 Å². The first kappa shape index (κ1) is 11.4. The van der Waals surface area contributed by atoms with Crippen molar-refractivity contribution in [3.05, 3.63) is 0 Å². The summed E-state index contributed by atoms with van der Waals surface area (Å²) < 4.78 is 5.97. The molecular weight excluding hydrogens is 186 g/mol. The smallest absolute Gasteiger partial charge is 0.0585 e. The van der Waals surface area contributed by atoms with E-state index in [2.05, 4.69) is 19.3 Å². The van der Waals surface area contributed by atoms with Gasteiger partial charge in [-0.3, -0.25) is 0 Å². The highest BCUT2D eigenvalue weighted by molar-refractivity contribution is 4.90. The molecule has 0 spiro atoms. The van der Waals surface area contributed by atoms with Crippen LogP contribution in [0.2, 0.25) is 0 Å². The van der Waals surface area contributed by atoms with Gasteiger partial charge in [-0.1, -0.05) is 12.8 Å². The minimum atomic E-state index is 0.503. The minimum absolute atomic E-state index is 0.503. The number of nitrogens with one attached hydrogen (secondary N) is 1. The van der Waals surface area contributed by atoms with Crippen molar-refractivity contribution in [2.75, 3.05) is 13.6 Å². The lowest BCUT2D eigenvalue weighted by molar-refractivity contribution is 0.0227.